The largest absolute Gasteiger partial charge is 0.303 e. The summed E-state index contributed by atoms with van der Waals surface area (Å²) in [6.45, 7) is 0. The standard InChI is InChI=1S/C15H9IN2O2/c16-10-6-7-12-11(8-10)15(20)18-14(17-12)13(19)9-4-2-1-3-5-9/h1-8H,(H,17,18,20). The van der Waals surface area contributed by atoms with Gasteiger partial charge in [0.05, 0.1) is 10.9 Å². The lowest BCUT2D eigenvalue weighted by atomic mass is 10.1. The van der Waals surface area contributed by atoms with E-state index in [1.165, 1.54) is 0 Å². The minimum absolute atomic E-state index is 0.0647. The molecule has 3 aromatic rings. The number of hydrogen-bond acceptors (Lipinski definition) is 3. The van der Waals surface area contributed by atoms with E-state index in [9.17, 15) is 9.59 Å². The zero-order chi connectivity index (χ0) is 14.1. The van der Waals surface area contributed by atoms with Crippen LogP contribution in [0.3, 0.4) is 0 Å². The third kappa shape index (κ3) is 2.36. The summed E-state index contributed by atoms with van der Waals surface area (Å²) in [5.74, 6) is -0.224. The number of carbonyl (C=O) groups is 1. The molecular formula is C15H9IN2O2. The molecule has 20 heavy (non-hydrogen) atoms. The topological polar surface area (TPSA) is 62.8 Å². The zero-order valence-electron chi connectivity index (χ0n) is 10.3. The van der Waals surface area contributed by atoms with Crippen LogP contribution in [0.15, 0.2) is 53.3 Å². The first kappa shape index (κ1) is 13.0. The molecule has 0 aliphatic rings. The number of H-pyrrole nitrogens is 1. The number of ketones is 1. The molecule has 0 unspecified atom stereocenters. The highest BCUT2D eigenvalue weighted by atomic mass is 127. The number of carbonyl (C=O) groups excluding carboxylic acids is 1. The van der Waals surface area contributed by atoms with E-state index < -0.39 is 0 Å². The van der Waals surface area contributed by atoms with Crippen LogP contribution in [-0.4, -0.2) is 15.8 Å². The third-order valence-corrected chi connectivity index (χ3v) is 3.59. The molecule has 0 amide bonds. The second-order valence-corrected chi connectivity index (χ2v) is 5.52. The molecule has 4 nitrogen and oxygen atoms in total. The van der Waals surface area contributed by atoms with Crippen molar-refractivity contribution in [3.63, 3.8) is 0 Å². The smallest absolute Gasteiger partial charge is 0.259 e. The molecule has 0 aliphatic carbocycles. The Morgan fingerprint density at radius 1 is 1.10 bits per heavy atom. The van der Waals surface area contributed by atoms with Crippen LogP contribution in [0.5, 0.6) is 0 Å². The van der Waals surface area contributed by atoms with Crippen LogP contribution < -0.4 is 5.56 Å². The maximum atomic E-state index is 12.3. The molecule has 3 rings (SSSR count). The van der Waals surface area contributed by atoms with E-state index in [-0.39, 0.29) is 17.2 Å². The fourth-order valence-electron chi connectivity index (χ4n) is 1.94. The maximum absolute atomic E-state index is 12.3. The first-order chi connectivity index (χ1) is 9.65. The molecule has 98 valence electrons. The molecule has 0 atom stereocenters. The quantitative estimate of drug-likeness (QED) is 0.553. The first-order valence-corrected chi connectivity index (χ1v) is 7.02. The Morgan fingerprint density at radius 2 is 1.85 bits per heavy atom. The van der Waals surface area contributed by atoms with Gasteiger partial charge in [0.1, 0.15) is 0 Å². The predicted molar refractivity (Wildman–Crippen MR) is 85.0 cm³/mol. The van der Waals surface area contributed by atoms with Crippen LogP contribution in [0.25, 0.3) is 10.9 Å². The summed E-state index contributed by atoms with van der Waals surface area (Å²) in [6.07, 6.45) is 0. The molecule has 0 bridgehead atoms. The van der Waals surface area contributed by atoms with E-state index in [0.29, 0.717) is 16.5 Å². The summed E-state index contributed by atoms with van der Waals surface area (Å²) in [5.41, 5.74) is 0.724. The van der Waals surface area contributed by atoms with Crippen LogP contribution >= 0.6 is 22.6 Å². The molecule has 1 aromatic heterocycles. The second kappa shape index (κ2) is 5.16. The Bertz CT molecular complexity index is 857. The Labute approximate surface area is 128 Å². The molecule has 0 aliphatic heterocycles. The molecular weight excluding hydrogens is 367 g/mol. The number of halogens is 1. The van der Waals surface area contributed by atoms with Crippen molar-refractivity contribution in [1.82, 2.24) is 9.97 Å². The van der Waals surface area contributed by atoms with E-state index in [1.807, 2.05) is 12.1 Å². The van der Waals surface area contributed by atoms with Crippen molar-refractivity contribution in [3.8, 4) is 0 Å². The average molecular weight is 376 g/mol. The van der Waals surface area contributed by atoms with E-state index in [4.69, 9.17) is 0 Å². The van der Waals surface area contributed by atoms with Gasteiger partial charge in [0, 0.05) is 9.13 Å². The number of aromatic amines is 1. The van der Waals surface area contributed by atoms with Gasteiger partial charge in [-0.25, -0.2) is 4.98 Å². The van der Waals surface area contributed by atoms with Gasteiger partial charge in [0.25, 0.3) is 5.56 Å². The number of rotatable bonds is 2. The van der Waals surface area contributed by atoms with Crippen LogP contribution in [-0.2, 0) is 0 Å². The summed E-state index contributed by atoms with van der Waals surface area (Å²) >= 11 is 2.13. The molecule has 2 aromatic carbocycles. The fourth-order valence-corrected chi connectivity index (χ4v) is 2.44. The van der Waals surface area contributed by atoms with Gasteiger partial charge in [-0.2, -0.15) is 0 Å². The van der Waals surface area contributed by atoms with Crippen LogP contribution in [0.2, 0.25) is 0 Å². The third-order valence-electron chi connectivity index (χ3n) is 2.92. The van der Waals surface area contributed by atoms with Gasteiger partial charge in [0.2, 0.25) is 5.78 Å². The normalized spacial score (nSPS) is 10.7. The second-order valence-electron chi connectivity index (χ2n) is 4.27. The van der Waals surface area contributed by atoms with Crippen molar-refractivity contribution >= 4 is 39.3 Å². The van der Waals surface area contributed by atoms with E-state index in [1.54, 1.807) is 36.4 Å². The van der Waals surface area contributed by atoms with Crippen molar-refractivity contribution in [2.75, 3.05) is 0 Å². The van der Waals surface area contributed by atoms with Gasteiger partial charge in [-0.1, -0.05) is 30.3 Å². The molecule has 0 fully saturated rings. The van der Waals surface area contributed by atoms with E-state index in [2.05, 4.69) is 32.6 Å². The van der Waals surface area contributed by atoms with Crippen LogP contribution in [0.1, 0.15) is 16.2 Å². The molecule has 0 radical (unpaired) electrons. The molecule has 5 heteroatoms. The van der Waals surface area contributed by atoms with Gasteiger partial charge >= 0.3 is 0 Å². The summed E-state index contributed by atoms with van der Waals surface area (Å²) < 4.78 is 0.949. The number of benzene rings is 2. The predicted octanol–water partition coefficient (Wildman–Crippen LogP) is 2.76. The van der Waals surface area contributed by atoms with Gasteiger partial charge in [-0.3, -0.25) is 9.59 Å². The Morgan fingerprint density at radius 3 is 2.60 bits per heavy atom. The van der Waals surface area contributed by atoms with Crippen molar-refractivity contribution in [1.29, 1.82) is 0 Å². The highest BCUT2D eigenvalue weighted by molar-refractivity contribution is 14.1. The van der Waals surface area contributed by atoms with Gasteiger partial charge in [-0.05, 0) is 40.8 Å². The fraction of sp³-hybridized carbons (Fsp3) is 0. The lowest BCUT2D eigenvalue weighted by Gasteiger charge is -2.03. The molecule has 1 heterocycles. The van der Waals surface area contributed by atoms with Gasteiger partial charge in [0.15, 0.2) is 5.82 Å². The summed E-state index contributed by atoms with van der Waals surface area (Å²) in [6, 6.07) is 14.1. The summed E-state index contributed by atoms with van der Waals surface area (Å²) in [5, 5.41) is 0.488. The lowest BCUT2D eigenvalue weighted by Crippen LogP contribution is -2.16. The Hall–Kier alpha value is -2.02. The zero-order valence-corrected chi connectivity index (χ0v) is 12.4. The lowest BCUT2D eigenvalue weighted by molar-refractivity contribution is 0.102. The van der Waals surface area contributed by atoms with Crippen molar-refractivity contribution < 1.29 is 4.79 Å². The van der Waals surface area contributed by atoms with Crippen molar-refractivity contribution in [3.05, 3.63) is 73.8 Å². The number of nitrogens with zero attached hydrogens (tertiary/aromatic N) is 1. The molecule has 0 saturated carbocycles. The maximum Gasteiger partial charge on any atom is 0.259 e. The number of aromatic nitrogens is 2. The highest BCUT2D eigenvalue weighted by Crippen LogP contribution is 2.13. The van der Waals surface area contributed by atoms with Crippen LogP contribution in [0, 0.1) is 3.57 Å². The minimum Gasteiger partial charge on any atom is -0.303 e. The number of fused-ring (bicyclic) bond motifs is 1. The molecule has 1 N–H and O–H groups in total. The highest BCUT2D eigenvalue weighted by Gasteiger charge is 2.13. The van der Waals surface area contributed by atoms with E-state index in [0.717, 1.165) is 3.57 Å². The van der Waals surface area contributed by atoms with Crippen molar-refractivity contribution in [2.24, 2.45) is 0 Å². The van der Waals surface area contributed by atoms with Crippen molar-refractivity contribution in [2.45, 2.75) is 0 Å². The average Bonchev–Trinajstić information content (AvgIpc) is 2.48. The van der Waals surface area contributed by atoms with Crippen LogP contribution in [0.4, 0.5) is 0 Å². The Balaban J connectivity index is 2.16. The summed E-state index contributed by atoms with van der Waals surface area (Å²) in [7, 11) is 0. The van der Waals surface area contributed by atoms with E-state index >= 15 is 0 Å². The molecule has 0 saturated heterocycles. The number of hydrogen-bond donors (Lipinski definition) is 1. The SMILES string of the molecule is O=C(c1ccccc1)c1nc2ccc(I)cc2c(=O)[nH]1. The monoisotopic (exact) mass is 376 g/mol. The van der Waals surface area contributed by atoms with Gasteiger partial charge in [-0.15, -0.1) is 0 Å². The first-order valence-electron chi connectivity index (χ1n) is 5.94. The summed E-state index contributed by atoms with van der Waals surface area (Å²) in [4.78, 5) is 31.1. The number of nitrogens with one attached hydrogen (secondary N) is 1. The van der Waals surface area contributed by atoms with Gasteiger partial charge < -0.3 is 4.98 Å². The Kier molecular flexibility index (Phi) is 3.35. The minimum atomic E-state index is -0.298. The molecule has 0 spiro atoms.